The molecule has 5 heteroatoms. The van der Waals surface area contributed by atoms with E-state index in [-0.39, 0.29) is 24.6 Å². The second-order valence-electron chi connectivity index (χ2n) is 5.00. The molecule has 5 nitrogen and oxygen atoms in total. The molecule has 0 saturated carbocycles. The summed E-state index contributed by atoms with van der Waals surface area (Å²) in [6.07, 6.45) is 2.64. The smallest absolute Gasteiger partial charge is 0.239 e. The molecule has 0 aromatic carbocycles. The summed E-state index contributed by atoms with van der Waals surface area (Å²) in [7, 11) is 0. The molecule has 18 heavy (non-hydrogen) atoms. The zero-order valence-corrected chi connectivity index (χ0v) is 11.6. The quantitative estimate of drug-likeness (QED) is 0.704. The Hall–Kier alpha value is -0.650. The van der Waals surface area contributed by atoms with E-state index in [1.807, 2.05) is 11.8 Å². The van der Waals surface area contributed by atoms with Crippen molar-refractivity contribution in [1.29, 1.82) is 0 Å². The molecule has 1 aliphatic rings. The van der Waals surface area contributed by atoms with Gasteiger partial charge < -0.3 is 15.7 Å². The molecule has 0 aromatic rings. The van der Waals surface area contributed by atoms with Gasteiger partial charge in [-0.1, -0.05) is 20.3 Å². The van der Waals surface area contributed by atoms with Crippen molar-refractivity contribution in [3.05, 3.63) is 0 Å². The molecule has 0 bridgehead atoms. The van der Waals surface area contributed by atoms with Crippen LogP contribution in [0.3, 0.4) is 0 Å². The minimum absolute atomic E-state index is 0.0774. The van der Waals surface area contributed by atoms with Gasteiger partial charge in [-0.2, -0.15) is 0 Å². The van der Waals surface area contributed by atoms with E-state index in [2.05, 4.69) is 11.8 Å². The molecular formula is C13H27N3O2. The van der Waals surface area contributed by atoms with Gasteiger partial charge in [-0.25, -0.2) is 0 Å². The number of nitrogens with zero attached hydrogens (tertiary/aromatic N) is 2. The zero-order chi connectivity index (χ0) is 13.5. The summed E-state index contributed by atoms with van der Waals surface area (Å²) in [6, 6.07) is -0.118. The van der Waals surface area contributed by atoms with Gasteiger partial charge in [0.05, 0.1) is 12.6 Å². The molecule has 3 N–H and O–H groups in total. The number of carbonyl (C=O) groups is 1. The lowest BCUT2D eigenvalue weighted by Crippen LogP contribution is -2.55. The van der Waals surface area contributed by atoms with Gasteiger partial charge in [0.1, 0.15) is 0 Å². The Labute approximate surface area is 110 Å². The maximum Gasteiger partial charge on any atom is 0.239 e. The van der Waals surface area contributed by atoms with E-state index >= 15 is 0 Å². The molecule has 1 amide bonds. The number of nitrogens with two attached hydrogens (primary N) is 1. The van der Waals surface area contributed by atoms with Crippen molar-refractivity contribution in [2.45, 2.75) is 45.2 Å². The first-order chi connectivity index (χ1) is 8.63. The Morgan fingerprint density at radius 3 is 2.33 bits per heavy atom. The zero-order valence-electron chi connectivity index (χ0n) is 11.6. The molecule has 2 unspecified atom stereocenters. The lowest BCUT2D eigenvalue weighted by Gasteiger charge is -2.39. The van der Waals surface area contributed by atoms with Crippen LogP contribution in [-0.2, 0) is 4.79 Å². The van der Waals surface area contributed by atoms with E-state index in [1.54, 1.807) is 0 Å². The lowest BCUT2D eigenvalue weighted by molar-refractivity contribution is -0.135. The fraction of sp³-hybridized carbons (Fsp3) is 0.923. The van der Waals surface area contributed by atoms with Crippen molar-refractivity contribution in [1.82, 2.24) is 9.80 Å². The van der Waals surface area contributed by atoms with Crippen LogP contribution in [0.25, 0.3) is 0 Å². The highest BCUT2D eigenvalue weighted by Gasteiger charge is 2.27. The predicted molar refractivity (Wildman–Crippen MR) is 72.2 cm³/mol. The molecule has 1 saturated heterocycles. The first-order valence-corrected chi connectivity index (χ1v) is 7.03. The second-order valence-corrected chi connectivity index (χ2v) is 5.00. The second kappa shape index (κ2) is 7.71. The maximum absolute atomic E-state index is 12.0. The SMILES string of the molecule is CCCC(N)C(=O)N1CCN(C(CC)CO)CC1. The topological polar surface area (TPSA) is 69.8 Å². The molecule has 1 heterocycles. The summed E-state index contributed by atoms with van der Waals surface area (Å²) in [6.45, 7) is 7.44. The van der Waals surface area contributed by atoms with Crippen LogP contribution in [0.1, 0.15) is 33.1 Å². The van der Waals surface area contributed by atoms with Gasteiger partial charge in [-0.05, 0) is 12.8 Å². The monoisotopic (exact) mass is 257 g/mol. The van der Waals surface area contributed by atoms with E-state index < -0.39 is 0 Å². The molecule has 0 aromatic heterocycles. The minimum atomic E-state index is -0.346. The van der Waals surface area contributed by atoms with Crippen molar-refractivity contribution < 1.29 is 9.90 Å². The molecular weight excluding hydrogens is 230 g/mol. The van der Waals surface area contributed by atoms with E-state index in [0.29, 0.717) is 0 Å². The average molecular weight is 257 g/mol. The van der Waals surface area contributed by atoms with Crippen molar-refractivity contribution in [3.63, 3.8) is 0 Å². The molecule has 1 fully saturated rings. The predicted octanol–water partition coefficient (Wildman–Crippen LogP) is 0.0289. The summed E-state index contributed by atoms with van der Waals surface area (Å²) in [4.78, 5) is 16.2. The van der Waals surface area contributed by atoms with Gasteiger partial charge in [-0.15, -0.1) is 0 Å². The lowest BCUT2D eigenvalue weighted by atomic mass is 10.1. The Kier molecular flexibility index (Phi) is 6.60. The van der Waals surface area contributed by atoms with E-state index in [4.69, 9.17) is 5.73 Å². The molecule has 0 spiro atoms. The van der Waals surface area contributed by atoms with E-state index in [0.717, 1.165) is 45.4 Å². The highest BCUT2D eigenvalue weighted by Crippen LogP contribution is 2.10. The van der Waals surface area contributed by atoms with Gasteiger partial charge in [0, 0.05) is 32.2 Å². The van der Waals surface area contributed by atoms with Gasteiger partial charge in [-0.3, -0.25) is 9.69 Å². The van der Waals surface area contributed by atoms with Crippen LogP contribution in [0.5, 0.6) is 0 Å². The van der Waals surface area contributed by atoms with Crippen LogP contribution < -0.4 is 5.73 Å². The minimum Gasteiger partial charge on any atom is -0.395 e. The summed E-state index contributed by atoms with van der Waals surface area (Å²) >= 11 is 0. The average Bonchev–Trinajstić information content (AvgIpc) is 2.40. The molecule has 0 radical (unpaired) electrons. The van der Waals surface area contributed by atoms with Gasteiger partial charge in [0.2, 0.25) is 5.91 Å². The van der Waals surface area contributed by atoms with Crippen LogP contribution in [0.2, 0.25) is 0 Å². The van der Waals surface area contributed by atoms with Crippen LogP contribution >= 0.6 is 0 Å². The number of carbonyl (C=O) groups excluding carboxylic acids is 1. The molecule has 1 rings (SSSR count). The van der Waals surface area contributed by atoms with Crippen molar-refractivity contribution in [2.24, 2.45) is 5.73 Å². The van der Waals surface area contributed by atoms with Crippen molar-refractivity contribution in [2.75, 3.05) is 32.8 Å². The van der Waals surface area contributed by atoms with Crippen LogP contribution in [0, 0.1) is 0 Å². The van der Waals surface area contributed by atoms with E-state index in [1.165, 1.54) is 0 Å². The number of hydrogen-bond donors (Lipinski definition) is 2. The van der Waals surface area contributed by atoms with Gasteiger partial charge >= 0.3 is 0 Å². The molecule has 0 aliphatic carbocycles. The number of aliphatic hydroxyl groups excluding tert-OH is 1. The standard InChI is InChI=1S/C13H27N3O2/c1-3-5-12(14)13(18)16-8-6-15(7-9-16)11(4-2)10-17/h11-12,17H,3-10,14H2,1-2H3. The van der Waals surface area contributed by atoms with Crippen LogP contribution in [0.4, 0.5) is 0 Å². The van der Waals surface area contributed by atoms with Gasteiger partial charge in [0.15, 0.2) is 0 Å². The van der Waals surface area contributed by atoms with Crippen molar-refractivity contribution >= 4 is 5.91 Å². The first-order valence-electron chi connectivity index (χ1n) is 7.03. The van der Waals surface area contributed by atoms with Crippen LogP contribution in [-0.4, -0.2) is 65.7 Å². The van der Waals surface area contributed by atoms with Crippen molar-refractivity contribution in [3.8, 4) is 0 Å². The summed E-state index contributed by atoms with van der Waals surface area (Å²) in [5.74, 6) is 0.0774. The highest BCUT2D eigenvalue weighted by atomic mass is 16.3. The normalized spacial score (nSPS) is 20.8. The number of piperazine rings is 1. The maximum atomic E-state index is 12.0. The van der Waals surface area contributed by atoms with Crippen LogP contribution in [0.15, 0.2) is 0 Å². The van der Waals surface area contributed by atoms with E-state index in [9.17, 15) is 9.90 Å². The third-order valence-corrected chi connectivity index (χ3v) is 3.74. The summed E-state index contributed by atoms with van der Waals surface area (Å²) in [5.41, 5.74) is 5.86. The van der Waals surface area contributed by atoms with Gasteiger partial charge in [0.25, 0.3) is 0 Å². The summed E-state index contributed by atoms with van der Waals surface area (Å²) in [5, 5.41) is 9.27. The number of rotatable bonds is 6. The first kappa shape index (κ1) is 15.4. The number of hydrogen-bond acceptors (Lipinski definition) is 4. The number of aliphatic hydroxyl groups is 1. The third-order valence-electron chi connectivity index (χ3n) is 3.74. The summed E-state index contributed by atoms with van der Waals surface area (Å²) < 4.78 is 0. The Bertz CT molecular complexity index is 249. The highest BCUT2D eigenvalue weighted by molar-refractivity contribution is 5.81. The largest absolute Gasteiger partial charge is 0.395 e. The molecule has 2 atom stereocenters. The Balaban J connectivity index is 2.41. The fourth-order valence-electron chi connectivity index (χ4n) is 2.48. The Morgan fingerprint density at radius 1 is 1.28 bits per heavy atom. The molecule has 106 valence electrons. The molecule has 1 aliphatic heterocycles. The fourth-order valence-corrected chi connectivity index (χ4v) is 2.48. The Morgan fingerprint density at radius 2 is 1.89 bits per heavy atom. The number of amides is 1. The third kappa shape index (κ3) is 3.93.